The first-order valence-electron chi connectivity index (χ1n) is 9.35. The van der Waals surface area contributed by atoms with Crippen LogP contribution >= 0.6 is 23.2 Å². The lowest BCUT2D eigenvalue weighted by Crippen LogP contribution is -2.43. The molecule has 8 heteroatoms. The summed E-state index contributed by atoms with van der Waals surface area (Å²) in [5, 5.41) is 6.09. The van der Waals surface area contributed by atoms with Crippen molar-refractivity contribution in [1.82, 2.24) is 15.5 Å². The number of hydrogen-bond donors (Lipinski definition) is 2. The second-order valence-corrected chi connectivity index (χ2v) is 8.10. The summed E-state index contributed by atoms with van der Waals surface area (Å²) >= 11 is 12.0. The Morgan fingerprint density at radius 1 is 1.25 bits per heavy atom. The fourth-order valence-corrected chi connectivity index (χ4v) is 3.84. The molecule has 1 atom stereocenters. The third-order valence-electron chi connectivity index (χ3n) is 5.23. The van der Waals surface area contributed by atoms with E-state index in [-0.39, 0.29) is 17.5 Å². The number of amides is 4. The first-order chi connectivity index (χ1) is 13.3. The molecular formula is C20H23Cl2N3O3. The number of urea groups is 1. The molecule has 1 saturated heterocycles. The van der Waals surface area contributed by atoms with E-state index in [2.05, 4.69) is 16.7 Å². The van der Waals surface area contributed by atoms with Crippen molar-refractivity contribution in [2.24, 2.45) is 0 Å². The van der Waals surface area contributed by atoms with Gasteiger partial charge in [0.15, 0.2) is 0 Å². The first-order valence-corrected chi connectivity index (χ1v) is 10.1. The van der Waals surface area contributed by atoms with Gasteiger partial charge in [-0.3, -0.25) is 14.5 Å². The standard InChI is InChI=1S/C20H23Cl2N3O3/c1-20(14-7-8-15(21)16(22)11-14)18(27)25(19(28)24-20)12-17(26)23-10-9-13-5-3-2-4-6-13/h5,7-8,11H,2-4,6,9-10,12H2,1H3,(H,23,26)(H,24,28). The van der Waals surface area contributed by atoms with E-state index in [0.717, 1.165) is 24.2 Å². The third kappa shape index (κ3) is 4.33. The van der Waals surface area contributed by atoms with Gasteiger partial charge in [-0.25, -0.2) is 4.79 Å². The highest BCUT2D eigenvalue weighted by Gasteiger charge is 2.49. The quantitative estimate of drug-likeness (QED) is 0.539. The number of rotatable bonds is 6. The molecule has 1 aliphatic heterocycles. The van der Waals surface area contributed by atoms with Crippen LogP contribution in [0.5, 0.6) is 0 Å². The minimum absolute atomic E-state index is 0.288. The van der Waals surface area contributed by atoms with Gasteiger partial charge in [-0.15, -0.1) is 0 Å². The second-order valence-electron chi connectivity index (χ2n) is 7.28. The Hall–Kier alpha value is -2.05. The van der Waals surface area contributed by atoms with Gasteiger partial charge < -0.3 is 10.6 Å². The third-order valence-corrected chi connectivity index (χ3v) is 5.97. The second kappa shape index (κ2) is 8.53. The summed E-state index contributed by atoms with van der Waals surface area (Å²) < 4.78 is 0. The van der Waals surface area contributed by atoms with Crippen molar-refractivity contribution in [1.29, 1.82) is 0 Å². The number of benzene rings is 1. The van der Waals surface area contributed by atoms with Gasteiger partial charge in [0.25, 0.3) is 5.91 Å². The van der Waals surface area contributed by atoms with E-state index in [4.69, 9.17) is 23.2 Å². The molecule has 0 saturated carbocycles. The van der Waals surface area contributed by atoms with Crippen molar-refractivity contribution < 1.29 is 14.4 Å². The van der Waals surface area contributed by atoms with Crippen LogP contribution < -0.4 is 10.6 Å². The Kier molecular flexibility index (Phi) is 6.30. The first kappa shape index (κ1) is 20.7. The molecular weight excluding hydrogens is 401 g/mol. The fourth-order valence-electron chi connectivity index (χ4n) is 3.54. The summed E-state index contributed by atoms with van der Waals surface area (Å²) in [6, 6.07) is 4.14. The minimum Gasteiger partial charge on any atom is -0.354 e. The maximum absolute atomic E-state index is 12.9. The molecule has 0 spiro atoms. The Morgan fingerprint density at radius 2 is 2.04 bits per heavy atom. The van der Waals surface area contributed by atoms with E-state index in [0.29, 0.717) is 17.1 Å². The molecule has 0 aromatic heterocycles. The van der Waals surface area contributed by atoms with Crippen molar-refractivity contribution >= 4 is 41.0 Å². The number of carbonyl (C=O) groups excluding carboxylic acids is 3. The van der Waals surface area contributed by atoms with Gasteiger partial charge in [0, 0.05) is 6.54 Å². The molecule has 150 valence electrons. The molecule has 3 rings (SSSR count). The number of hydrogen-bond acceptors (Lipinski definition) is 3. The fraction of sp³-hybridized carbons (Fsp3) is 0.450. The molecule has 1 unspecified atom stereocenters. The maximum atomic E-state index is 12.9. The predicted molar refractivity (Wildman–Crippen MR) is 108 cm³/mol. The minimum atomic E-state index is -1.29. The molecule has 0 radical (unpaired) electrons. The van der Waals surface area contributed by atoms with Crippen LogP contribution in [-0.4, -0.2) is 35.8 Å². The van der Waals surface area contributed by atoms with Crippen molar-refractivity contribution in [2.45, 2.75) is 44.6 Å². The summed E-state index contributed by atoms with van der Waals surface area (Å²) in [5.74, 6) is -0.862. The van der Waals surface area contributed by atoms with Crippen molar-refractivity contribution in [2.75, 3.05) is 13.1 Å². The van der Waals surface area contributed by atoms with E-state index in [1.165, 1.54) is 18.4 Å². The number of nitrogens with one attached hydrogen (secondary N) is 2. The molecule has 4 amide bonds. The van der Waals surface area contributed by atoms with Crippen molar-refractivity contribution in [3.63, 3.8) is 0 Å². The van der Waals surface area contributed by atoms with E-state index in [1.54, 1.807) is 25.1 Å². The lowest BCUT2D eigenvalue weighted by atomic mass is 9.92. The molecule has 1 aromatic carbocycles. The highest BCUT2D eigenvalue weighted by atomic mass is 35.5. The Bertz CT molecular complexity index is 840. The zero-order valence-corrected chi connectivity index (χ0v) is 17.2. The van der Waals surface area contributed by atoms with Crippen molar-refractivity contribution in [3.8, 4) is 0 Å². The van der Waals surface area contributed by atoms with E-state index in [9.17, 15) is 14.4 Å². The van der Waals surface area contributed by atoms with Crippen LogP contribution in [0.4, 0.5) is 4.79 Å². The molecule has 6 nitrogen and oxygen atoms in total. The highest BCUT2D eigenvalue weighted by Crippen LogP contribution is 2.32. The van der Waals surface area contributed by atoms with Crippen molar-refractivity contribution in [3.05, 3.63) is 45.5 Å². The molecule has 1 aliphatic carbocycles. The molecule has 2 N–H and O–H groups in total. The SMILES string of the molecule is CC1(c2ccc(Cl)c(Cl)c2)NC(=O)N(CC(=O)NCCC2=CCCCC2)C1=O. The molecule has 28 heavy (non-hydrogen) atoms. The van der Waals surface area contributed by atoms with Crippen LogP contribution in [0.15, 0.2) is 29.8 Å². The number of halogens is 2. The summed E-state index contributed by atoms with van der Waals surface area (Å²) in [6.07, 6.45) is 7.61. The smallest absolute Gasteiger partial charge is 0.325 e. The molecule has 2 aliphatic rings. The average molecular weight is 424 g/mol. The average Bonchev–Trinajstić information content (AvgIpc) is 2.89. The summed E-state index contributed by atoms with van der Waals surface area (Å²) in [5.41, 5.74) is 0.569. The van der Waals surface area contributed by atoms with Crippen LogP contribution in [0.3, 0.4) is 0 Å². The maximum Gasteiger partial charge on any atom is 0.325 e. The molecule has 0 bridgehead atoms. The van der Waals surface area contributed by atoms with E-state index in [1.807, 2.05) is 0 Å². The monoisotopic (exact) mass is 423 g/mol. The van der Waals surface area contributed by atoms with Gasteiger partial charge in [-0.05, 0) is 56.7 Å². The normalized spacial score (nSPS) is 22.1. The Labute approximate surface area is 174 Å². The highest BCUT2D eigenvalue weighted by molar-refractivity contribution is 6.42. The summed E-state index contributed by atoms with van der Waals surface area (Å²) in [4.78, 5) is 38.4. The lowest BCUT2D eigenvalue weighted by Gasteiger charge is -2.22. The predicted octanol–water partition coefficient (Wildman–Crippen LogP) is 3.77. The van der Waals surface area contributed by atoms with Crippen LogP contribution in [0.25, 0.3) is 0 Å². The number of carbonyl (C=O) groups is 3. The topological polar surface area (TPSA) is 78.5 Å². The zero-order chi connectivity index (χ0) is 20.3. The molecule has 1 fully saturated rings. The summed E-state index contributed by atoms with van der Waals surface area (Å²) in [7, 11) is 0. The lowest BCUT2D eigenvalue weighted by molar-refractivity contribution is -0.134. The number of imide groups is 1. The zero-order valence-electron chi connectivity index (χ0n) is 15.7. The van der Waals surface area contributed by atoms with Gasteiger partial charge in [-0.1, -0.05) is 40.9 Å². The van der Waals surface area contributed by atoms with Gasteiger partial charge in [-0.2, -0.15) is 0 Å². The van der Waals surface area contributed by atoms with Gasteiger partial charge in [0.2, 0.25) is 5.91 Å². The Morgan fingerprint density at radius 3 is 2.71 bits per heavy atom. The number of allylic oxidation sites excluding steroid dienone is 1. The van der Waals surface area contributed by atoms with E-state index < -0.39 is 17.5 Å². The summed E-state index contributed by atoms with van der Waals surface area (Å²) in [6.45, 7) is 1.76. The van der Waals surface area contributed by atoms with Gasteiger partial charge in [0.1, 0.15) is 12.1 Å². The van der Waals surface area contributed by atoms with Crippen LogP contribution in [0.1, 0.15) is 44.6 Å². The van der Waals surface area contributed by atoms with Crippen LogP contribution in [0, 0.1) is 0 Å². The number of nitrogens with zero attached hydrogens (tertiary/aromatic N) is 1. The van der Waals surface area contributed by atoms with Gasteiger partial charge >= 0.3 is 6.03 Å². The van der Waals surface area contributed by atoms with Gasteiger partial charge in [0.05, 0.1) is 10.0 Å². The van der Waals surface area contributed by atoms with E-state index >= 15 is 0 Å². The largest absolute Gasteiger partial charge is 0.354 e. The molecule has 1 heterocycles. The van der Waals surface area contributed by atoms with Crippen LogP contribution in [0.2, 0.25) is 10.0 Å². The van der Waals surface area contributed by atoms with Crippen LogP contribution in [-0.2, 0) is 15.1 Å². The molecule has 1 aromatic rings. The Balaban J connectivity index is 1.60.